The first kappa shape index (κ1) is 19.5. The van der Waals surface area contributed by atoms with Crippen LogP contribution in [-0.2, 0) is 4.79 Å². The molecule has 0 bridgehead atoms. The lowest BCUT2D eigenvalue weighted by atomic mass is 9.62. The van der Waals surface area contributed by atoms with Crippen LogP contribution in [0.4, 0.5) is 10.5 Å². The highest BCUT2D eigenvalue weighted by molar-refractivity contribution is 6.06. The molecule has 0 radical (unpaired) electrons. The normalized spacial score (nSPS) is 20.4. The average Bonchev–Trinajstić information content (AvgIpc) is 2.78. The minimum Gasteiger partial charge on any atom is -0.338 e. The summed E-state index contributed by atoms with van der Waals surface area (Å²) in [7, 11) is 0. The maximum atomic E-state index is 13.4. The Labute approximate surface area is 172 Å². The fraction of sp³-hybridized carbons (Fsp3) is 0.417. The molecule has 2 fully saturated rings. The fourth-order valence-electron chi connectivity index (χ4n) is 4.69. The zero-order chi connectivity index (χ0) is 20.3. The van der Waals surface area contributed by atoms with Crippen LogP contribution < -0.4 is 10.2 Å². The van der Waals surface area contributed by atoms with Gasteiger partial charge in [0.05, 0.1) is 11.5 Å². The molecule has 2 saturated heterocycles. The number of para-hydroxylation sites is 1. The van der Waals surface area contributed by atoms with Crippen LogP contribution in [0, 0.1) is 5.41 Å². The molecule has 3 amide bonds. The molecule has 5 heteroatoms. The number of β-lactam (4-membered cyclic amide) rings is 1. The molecular formula is C24H29N3O2. The summed E-state index contributed by atoms with van der Waals surface area (Å²) in [6.45, 7) is 4.07. The van der Waals surface area contributed by atoms with E-state index in [9.17, 15) is 9.59 Å². The lowest BCUT2D eigenvalue weighted by molar-refractivity contribution is -0.144. The first-order valence-electron chi connectivity index (χ1n) is 10.6. The number of anilines is 1. The first-order valence-corrected chi connectivity index (χ1v) is 10.6. The van der Waals surface area contributed by atoms with E-state index in [2.05, 4.69) is 24.4 Å². The first-order chi connectivity index (χ1) is 14.2. The summed E-state index contributed by atoms with van der Waals surface area (Å²) >= 11 is 0. The van der Waals surface area contributed by atoms with E-state index >= 15 is 0 Å². The number of urea groups is 1. The molecular weight excluding hydrogens is 362 g/mol. The van der Waals surface area contributed by atoms with E-state index in [0.717, 1.165) is 24.1 Å². The van der Waals surface area contributed by atoms with Crippen molar-refractivity contribution in [2.45, 2.75) is 38.6 Å². The quantitative estimate of drug-likeness (QED) is 0.608. The summed E-state index contributed by atoms with van der Waals surface area (Å²) in [6.07, 6.45) is 3.46. The summed E-state index contributed by atoms with van der Waals surface area (Å²) < 4.78 is 0. The number of unbranched alkanes of at least 4 members (excludes halogenated alkanes) is 1. The van der Waals surface area contributed by atoms with E-state index in [0.29, 0.717) is 32.5 Å². The SMILES string of the molecule is CCCCNC(=O)N1CCC2(CC1)C(=O)N(c1ccccc1)C2c1ccccc1. The number of benzene rings is 2. The monoisotopic (exact) mass is 391 g/mol. The van der Waals surface area contributed by atoms with Gasteiger partial charge in [0.15, 0.2) is 0 Å². The lowest BCUT2D eigenvalue weighted by Crippen LogP contribution is -2.67. The Morgan fingerprint density at radius 3 is 2.28 bits per heavy atom. The predicted octanol–water partition coefficient (Wildman–Crippen LogP) is 4.37. The van der Waals surface area contributed by atoms with Gasteiger partial charge in [0.1, 0.15) is 0 Å². The molecule has 2 aromatic carbocycles. The molecule has 2 heterocycles. The summed E-state index contributed by atoms with van der Waals surface area (Å²) in [5.74, 6) is 0.184. The van der Waals surface area contributed by atoms with Gasteiger partial charge in [-0.05, 0) is 37.0 Å². The van der Waals surface area contributed by atoms with Crippen molar-refractivity contribution in [2.24, 2.45) is 5.41 Å². The van der Waals surface area contributed by atoms with Crippen molar-refractivity contribution in [2.75, 3.05) is 24.5 Å². The number of nitrogens with one attached hydrogen (secondary N) is 1. The maximum Gasteiger partial charge on any atom is 0.317 e. The van der Waals surface area contributed by atoms with Gasteiger partial charge in [-0.15, -0.1) is 0 Å². The van der Waals surface area contributed by atoms with Crippen molar-refractivity contribution in [1.29, 1.82) is 0 Å². The minimum atomic E-state index is -0.419. The Kier molecular flexibility index (Phi) is 5.56. The molecule has 29 heavy (non-hydrogen) atoms. The topological polar surface area (TPSA) is 52.7 Å². The van der Waals surface area contributed by atoms with E-state index in [-0.39, 0.29) is 18.0 Å². The molecule has 5 nitrogen and oxygen atoms in total. The molecule has 1 atom stereocenters. The molecule has 0 aromatic heterocycles. The maximum absolute atomic E-state index is 13.4. The van der Waals surface area contributed by atoms with Crippen LogP contribution >= 0.6 is 0 Å². The van der Waals surface area contributed by atoms with Crippen LogP contribution in [0.5, 0.6) is 0 Å². The number of piperidine rings is 1. The molecule has 2 aliphatic rings. The molecule has 1 unspecified atom stereocenters. The molecule has 152 valence electrons. The molecule has 0 aliphatic carbocycles. The summed E-state index contributed by atoms with van der Waals surface area (Å²) in [6, 6.07) is 20.2. The van der Waals surface area contributed by atoms with Gasteiger partial charge >= 0.3 is 6.03 Å². The smallest absolute Gasteiger partial charge is 0.317 e. The summed E-state index contributed by atoms with van der Waals surface area (Å²) in [5, 5.41) is 3.00. The number of amides is 3. The highest BCUT2D eigenvalue weighted by atomic mass is 16.2. The standard InChI is InChI=1S/C24H29N3O2/c1-2-3-16-25-23(29)26-17-14-24(15-18-26)21(19-10-6-4-7-11-19)27(22(24)28)20-12-8-5-9-13-20/h4-13,21H,2-3,14-18H2,1H3,(H,25,29). The number of nitrogens with zero attached hydrogens (tertiary/aromatic N) is 2. The van der Waals surface area contributed by atoms with Crippen LogP contribution in [0.2, 0.25) is 0 Å². The van der Waals surface area contributed by atoms with E-state index in [1.54, 1.807) is 0 Å². The van der Waals surface area contributed by atoms with Crippen molar-refractivity contribution in [1.82, 2.24) is 10.2 Å². The number of carbonyl (C=O) groups excluding carboxylic acids is 2. The predicted molar refractivity (Wildman–Crippen MR) is 115 cm³/mol. The Hall–Kier alpha value is -2.82. The number of rotatable bonds is 5. The summed E-state index contributed by atoms with van der Waals surface area (Å²) in [4.78, 5) is 29.6. The van der Waals surface area contributed by atoms with E-state index in [4.69, 9.17) is 0 Å². The Balaban J connectivity index is 1.54. The molecule has 2 aliphatic heterocycles. The molecule has 1 spiro atoms. The van der Waals surface area contributed by atoms with Crippen LogP contribution in [0.15, 0.2) is 60.7 Å². The van der Waals surface area contributed by atoms with Gasteiger partial charge in [-0.25, -0.2) is 4.79 Å². The van der Waals surface area contributed by atoms with Gasteiger partial charge in [-0.2, -0.15) is 0 Å². The van der Waals surface area contributed by atoms with Crippen molar-refractivity contribution >= 4 is 17.6 Å². The Morgan fingerprint density at radius 1 is 1.03 bits per heavy atom. The third kappa shape index (κ3) is 3.50. The van der Waals surface area contributed by atoms with Gasteiger partial charge < -0.3 is 15.1 Å². The molecule has 1 N–H and O–H groups in total. The second-order valence-electron chi connectivity index (χ2n) is 8.05. The van der Waals surface area contributed by atoms with Crippen molar-refractivity contribution < 1.29 is 9.59 Å². The second-order valence-corrected chi connectivity index (χ2v) is 8.05. The number of carbonyl (C=O) groups is 2. The van der Waals surface area contributed by atoms with E-state index in [1.807, 2.05) is 58.3 Å². The van der Waals surface area contributed by atoms with Gasteiger partial charge in [-0.3, -0.25) is 4.79 Å². The third-order valence-corrected chi connectivity index (χ3v) is 6.33. The Bertz CT molecular complexity index is 845. The fourth-order valence-corrected chi connectivity index (χ4v) is 4.69. The van der Waals surface area contributed by atoms with Crippen LogP contribution in [0.25, 0.3) is 0 Å². The molecule has 4 rings (SSSR count). The molecule has 2 aromatic rings. The molecule has 0 saturated carbocycles. The number of likely N-dealkylation sites (tertiary alicyclic amines) is 1. The van der Waals surface area contributed by atoms with Crippen molar-refractivity contribution in [3.05, 3.63) is 66.2 Å². The number of hydrogen-bond donors (Lipinski definition) is 1. The zero-order valence-electron chi connectivity index (χ0n) is 17.0. The Morgan fingerprint density at radius 2 is 1.66 bits per heavy atom. The second kappa shape index (κ2) is 8.27. The van der Waals surface area contributed by atoms with E-state index in [1.165, 1.54) is 0 Å². The largest absolute Gasteiger partial charge is 0.338 e. The van der Waals surface area contributed by atoms with Crippen molar-refractivity contribution in [3.63, 3.8) is 0 Å². The van der Waals surface area contributed by atoms with Crippen LogP contribution in [-0.4, -0.2) is 36.5 Å². The highest BCUT2D eigenvalue weighted by Gasteiger charge is 2.62. The van der Waals surface area contributed by atoms with Gasteiger partial charge in [-0.1, -0.05) is 61.9 Å². The van der Waals surface area contributed by atoms with Crippen molar-refractivity contribution in [3.8, 4) is 0 Å². The van der Waals surface area contributed by atoms with Gasteiger partial charge in [0, 0.05) is 25.3 Å². The lowest BCUT2D eigenvalue weighted by Gasteiger charge is -2.59. The van der Waals surface area contributed by atoms with Gasteiger partial charge in [0.2, 0.25) is 5.91 Å². The number of hydrogen-bond acceptors (Lipinski definition) is 2. The van der Waals surface area contributed by atoms with Crippen LogP contribution in [0.3, 0.4) is 0 Å². The minimum absolute atomic E-state index is 0.00347. The van der Waals surface area contributed by atoms with Gasteiger partial charge in [0.25, 0.3) is 0 Å². The van der Waals surface area contributed by atoms with E-state index < -0.39 is 5.41 Å². The zero-order valence-corrected chi connectivity index (χ0v) is 17.0. The average molecular weight is 392 g/mol. The third-order valence-electron chi connectivity index (χ3n) is 6.33. The highest BCUT2D eigenvalue weighted by Crippen LogP contribution is 2.57. The summed E-state index contributed by atoms with van der Waals surface area (Å²) in [5.41, 5.74) is 1.69. The van der Waals surface area contributed by atoms with Crippen LogP contribution in [0.1, 0.15) is 44.2 Å².